The number of aryl methyl sites for hydroxylation is 1. The first-order chi connectivity index (χ1) is 14.6. The minimum atomic E-state index is -0.597. The van der Waals surface area contributed by atoms with Gasteiger partial charge in [0.15, 0.2) is 0 Å². The first-order valence-electron chi connectivity index (χ1n) is 9.47. The Morgan fingerprint density at radius 2 is 1.87 bits per heavy atom. The molecule has 0 spiro atoms. The van der Waals surface area contributed by atoms with Gasteiger partial charge in [0.25, 0.3) is 5.56 Å². The summed E-state index contributed by atoms with van der Waals surface area (Å²) in [6.07, 6.45) is 3.32. The number of para-hydroxylation sites is 1. The summed E-state index contributed by atoms with van der Waals surface area (Å²) in [5, 5.41) is 5.95. The second-order valence-electron chi connectivity index (χ2n) is 6.68. The topological polar surface area (TPSA) is 76.0 Å². The average molecular weight is 402 g/mol. The van der Waals surface area contributed by atoms with Crippen LogP contribution in [0.2, 0.25) is 0 Å². The van der Waals surface area contributed by atoms with Gasteiger partial charge in [-0.1, -0.05) is 24.3 Å². The van der Waals surface area contributed by atoms with Crippen LogP contribution in [0.4, 0.5) is 20.6 Å². The third-order valence-corrected chi connectivity index (χ3v) is 4.77. The molecular weight excluding hydrogens is 383 g/mol. The smallest absolute Gasteiger partial charge is 0.308 e. The number of urea groups is 1. The van der Waals surface area contributed by atoms with Crippen LogP contribution in [0, 0.1) is 5.82 Å². The Bertz CT molecular complexity index is 1290. The maximum absolute atomic E-state index is 14.3. The van der Waals surface area contributed by atoms with E-state index in [9.17, 15) is 14.0 Å². The summed E-state index contributed by atoms with van der Waals surface area (Å²) >= 11 is 0. The molecule has 0 atom stereocenters. The lowest BCUT2D eigenvalue weighted by atomic mass is 10.0. The molecule has 6 nitrogen and oxygen atoms in total. The Morgan fingerprint density at radius 1 is 1.07 bits per heavy atom. The molecule has 0 unspecified atom stereocenters. The van der Waals surface area contributed by atoms with Crippen molar-refractivity contribution in [2.45, 2.75) is 13.5 Å². The minimum absolute atomic E-state index is 0.0188. The first-order valence-corrected chi connectivity index (χ1v) is 9.47. The largest absolute Gasteiger partial charge is 0.323 e. The standard InChI is InChI=1S/C23H19FN4O2/c1-2-28-21-10-11-25-14-16(21)12-18(22(28)29)15-8-9-19(24)20(13-15)27-23(30)26-17-6-4-3-5-7-17/h3-14H,2H2,1H3,(H2,26,27,30). The van der Waals surface area contributed by atoms with E-state index in [4.69, 9.17) is 0 Å². The average Bonchev–Trinajstić information content (AvgIpc) is 2.75. The zero-order chi connectivity index (χ0) is 21.1. The Morgan fingerprint density at radius 3 is 2.63 bits per heavy atom. The summed E-state index contributed by atoms with van der Waals surface area (Å²) in [4.78, 5) is 29.4. The molecule has 0 aliphatic rings. The third-order valence-electron chi connectivity index (χ3n) is 4.77. The van der Waals surface area contributed by atoms with Crippen LogP contribution in [0.1, 0.15) is 6.92 Å². The van der Waals surface area contributed by atoms with E-state index in [1.165, 1.54) is 18.2 Å². The van der Waals surface area contributed by atoms with Crippen molar-refractivity contribution < 1.29 is 9.18 Å². The summed E-state index contributed by atoms with van der Waals surface area (Å²) in [5.41, 5.74) is 2.06. The fourth-order valence-electron chi connectivity index (χ4n) is 3.34. The number of fused-ring (bicyclic) bond motifs is 1. The van der Waals surface area contributed by atoms with E-state index in [0.717, 1.165) is 10.9 Å². The van der Waals surface area contributed by atoms with E-state index < -0.39 is 11.8 Å². The number of carbonyl (C=O) groups is 1. The maximum atomic E-state index is 14.3. The number of halogens is 1. The zero-order valence-corrected chi connectivity index (χ0v) is 16.2. The van der Waals surface area contributed by atoms with Crippen LogP contribution in [0.3, 0.4) is 0 Å². The van der Waals surface area contributed by atoms with Gasteiger partial charge in [-0.05, 0) is 48.9 Å². The molecule has 7 heteroatoms. The van der Waals surface area contributed by atoms with Crippen LogP contribution in [0.15, 0.2) is 77.9 Å². The molecule has 0 bridgehead atoms. The molecule has 0 fully saturated rings. The number of hydrogen-bond donors (Lipinski definition) is 2. The normalized spacial score (nSPS) is 10.7. The number of anilines is 2. The monoisotopic (exact) mass is 402 g/mol. The van der Waals surface area contributed by atoms with Crippen molar-refractivity contribution in [2.24, 2.45) is 0 Å². The van der Waals surface area contributed by atoms with Gasteiger partial charge in [0.05, 0.1) is 11.2 Å². The predicted molar refractivity (Wildman–Crippen MR) is 116 cm³/mol. The number of nitrogens with one attached hydrogen (secondary N) is 2. The van der Waals surface area contributed by atoms with Crippen molar-refractivity contribution in [3.8, 4) is 11.1 Å². The van der Waals surface area contributed by atoms with Crippen molar-refractivity contribution in [2.75, 3.05) is 10.6 Å². The Kier molecular flexibility index (Phi) is 5.26. The van der Waals surface area contributed by atoms with Crippen molar-refractivity contribution in [3.63, 3.8) is 0 Å². The van der Waals surface area contributed by atoms with Gasteiger partial charge in [-0.2, -0.15) is 0 Å². The van der Waals surface area contributed by atoms with Gasteiger partial charge in [0.2, 0.25) is 0 Å². The first kappa shape index (κ1) is 19.3. The second-order valence-corrected chi connectivity index (χ2v) is 6.68. The maximum Gasteiger partial charge on any atom is 0.323 e. The van der Waals surface area contributed by atoms with Crippen LogP contribution in [0.25, 0.3) is 22.0 Å². The SMILES string of the molecule is CCn1c(=O)c(-c2ccc(F)c(NC(=O)Nc3ccccc3)c2)cc2cnccc21. The number of carbonyl (C=O) groups excluding carboxylic acids is 1. The van der Waals surface area contributed by atoms with Gasteiger partial charge in [-0.15, -0.1) is 0 Å². The molecule has 0 aliphatic carbocycles. The molecule has 0 saturated heterocycles. The molecule has 2 amide bonds. The van der Waals surface area contributed by atoms with Gasteiger partial charge in [-0.3, -0.25) is 9.78 Å². The molecule has 2 aromatic carbocycles. The highest BCUT2D eigenvalue weighted by atomic mass is 19.1. The summed E-state index contributed by atoms with van der Waals surface area (Å²) in [7, 11) is 0. The minimum Gasteiger partial charge on any atom is -0.308 e. The summed E-state index contributed by atoms with van der Waals surface area (Å²) in [5.74, 6) is -0.597. The van der Waals surface area contributed by atoms with Crippen LogP contribution >= 0.6 is 0 Å². The van der Waals surface area contributed by atoms with Crippen molar-refractivity contribution in [1.82, 2.24) is 9.55 Å². The Labute approximate surface area is 172 Å². The molecule has 2 heterocycles. The fourth-order valence-corrected chi connectivity index (χ4v) is 3.34. The van der Waals surface area contributed by atoms with Crippen LogP contribution in [0.5, 0.6) is 0 Å². The lowest BCUT2D eigenvalue weighted by Crippen LogP contribution is -2.22. The quantitative estimate of drug-likeness (QED) is 0.512. The van der Waals surface area contributed by atoms with E-state index in [2.05, 4.69) is 15.6 Å². The highest BCUT2D eigenvalue weighted by molar-refractivity contribution is 6.00. The van der Waals surface area contributed by atoms with Gasteiger partial charge < -0.3 is 15.2 Å². The molecule has 2 aromatic heterocycles. The summed E-state index contributed by atoms with van der Waals surface area (Å²) in [6.45, 7) is 2.37. The van der Waals surface area contributed by atoms with E-state index in [0.29, 0.717) is 23.4 Å². The van der Waals surface area contributed by atoms with Crippen LogP contribution in [-0.2, 0) is 6.54 Å². The molecule has 0 aliphatic heterocycles. The second kappa shape index (κ2) is 8.16. The van der Waals surface area contributed by atoms with Crippen molar-refractivity contribution in [1.29, 1.82) is 0 Å². The highest BCUT2D eigenvalue weighted by Crippen LogP contribution is 2.25. The van der Waals surface area contributed by atoms with E-state index >= 15 is 0 Å². The number of pyridine rings is 2. The van der Waals surface area contributed by atoms with Gasteiger partial charge in [-0.25, -0.2) is 9.18 Å². The zero-order valence-electron chi connectivity index (χ0n) is 16.2. The van der Waals surface area contributed by atoms with Crippen molar-refractivity contribution in [3.05, 3.63) is 89.2 Å². The van der Waals surface area contributed by atoms with E-state index in [1.54, 1.807) is 53.4 Å². The molecule has 30 heavy (non-hydrogen) atoms. The molecule has 150 valence electrons. The number of aromatic nitrogens is 2. The molecule has 0 radical (unpaired) electrons. The summed E-state index contributed by atoms with van der Waals surface area (Å²) < 4.78 is 16.0. The number of benzene rings is 2. The van der Waals surface area contributed by atoms with Gasteiger partial charge in [0.1, 0.15) is 5.82 Å². The lowest BCUT2D eigenvalue weighted by Gasteiger charge is -2.13. The van der Waals surface area contributed by atoms with Gasteiger partial charge in [0, 0.05) is 35.6 Å². The van der Waals surface area contributed by atoms with E-state index in [1.807, 2.05) is 13.0 Å². The highest BCUT2D eigenvalue weighted by Gasteiger charge is 2.14. The van der Waals surface area contributed by atoms with Gasteiger partial charge >= 0.3 is 6.03 Å². The van der Waals surface area contributed by atoms with Crippen LogP contribution < -0.4 is 16.2 Å². The van der Waals surface area contributed by atoms with Crippen LogP contribution in [-0.4, -0.2) is 15.6 Å². The fraction of sp³-hybridized carbons (Fsp3) is 0.0870. The molecule has 4 aromatic rings. The number of rotatable bonds is 4. The number of hydrogen-bond acceptors (Lipinski definition) is 3. The summed E-state index contributed by atoms with van der Waals surface area (Å²) in [6, 6.07) is 16.0. The molecule has 4 rings (SSSR count). The van der Waals surface area contributed by atoms with Crippen molar-refractivity contribution >= 4 is 28.3 Å². The molecular formula is C23H19FN4O2. The van der Waals surface area contributed by atoms with E-state index in [-0.39, 0.29) is 11.2 Å². The third kappa shape index (κ3) is 3.77. The lowest BCUT2D eigenvalue weighted by molar-refractivity contribution is 0.262. The Balaban J connectivity index is 1.71. The number of amides is 2. The Hall–Kier alpha value is -4.00. The number of nitrogens with zero attached hydrogens (tertiary/aromatic N) is 2. The predicted octanol–water partition coefficient (Wildman–Crippen LogP) is 4.87. The molecule has 2 N–H and O–H groups in total. The molecule has 0 saturated carbocycles.